The normalized spacial score (nSPS) is 23.5. The maximum atomic E-state index is 14.1. The number of aromatic nitrogens is 1. The Bertz CT molecular complexity index is 1490. The molecule has 0 unspecified atom stereocenters. The Morgan fingerprint density at radius 2 is 1.93 bits per heavy atom. The van der Waals surface area contributed by atoms with Crippen molar-refractivity contribution in [3.05, 3.63) is 62.8 Å². The zero-order chi connectivity index (χ0) is 29.9. The van der Waals surface area contributed by atoms with Crippen molar-refractivity contribution >= 4 is 17.7 Å². The third kappa shape index (κ3) is 5.13. The minimum absolute atomic E-state index is 0.135. The number of hydrogen-bond acceptors (Lipinski definition) is 7. The van der Waals surface area contributed by atoms with E-state index < -0.39 is 69.8 Å². The summed E-state index contributed by atoms with van der Waals surface area (Å²) in [7, 11) is 0. The Hall–Kier alpha value is -4.03. The number of carbonyl (C=O) groups excluding carboxylic acids is 2. The van der Waals surface area contributed by atoms with Crippen molar-refractivity contribution < 1.29 is 37.4 Å². The first-order valence-electron chi connectivity index (χ1n) is 13.3. The van der Waals surface area contributed by atoms with Crippen LogP contribution in [0.15, 0.2) is 28.3 Å². The fourth-order valence-corrected chi connectivity index (χ4v) is 5.46. The highest BCUT2D eigenvalue weighted by atomic mass is 19.1. The predicted molar refractivity (Wildman–Crippen MR) is 140 cm³/mol. The standard InChI is InChI=1S/C28H31F3N4O6/c1-14-5-6-28(9-21(33-41-28)40-13-27(2,3)4)20-12-34(14)26(39)22-24(37)23(36)17(11-35(20)22)25(38)32-10-16-18(30)7-15(29)8-19(16)31/h7-8,11,14,20,37H,5-6,9-10,12-13H2,1-4H3,(H,32,38)/t14-,20+,28-/m0/s1. The molecule has 2 amide bonds. The second-order valence-electron chi connectivity index (χ2n) is 12.0. The van der Waals surface area contributed by atoms with E-state index in [4.69, 9.17) is 9.57 Å². The van der Waals surface area contributed by atoms with Gasteiger partial charge in [-0.25, -0.2) is 13.2 Å². The summed E-state index contributed by atoms with van der Waals surface area (Å²) in [4.78, 5) is 47.1. The number of oxime groups is 1. The lowest BCUT2D eigenvalue weighted by atomic mass is 9.85. The second-order valence-corrected chi connectivity index (χ2v) is 12.0. The summed E-state index contributed by atoms with van der Waals surface area (Å²) in [5.41, 5.74) is -3.71. The molecule has 3 atom stereocenters. The first kappa shape index (κ1) is 28.5. The van der Waals surface area contributed by atoms with E-state index in [2.05, 4.69) is 10.5 Å². The van der Waals surface area contributed by atoms with E-state index in [9.17, 15) is 32.7 Å². The number of pyridine rings is 1. The molecule has 3 aliphatic heterocycles. The van der Waals surface area contributed by atoms with Gasteiger partial charge in [-0.2, -0.15) is 0 Å². The molecule has 0 aliphatic carbocycles. The molecule has 1 aromatic carbocycles. The van der Waals surface area contributed by atoms with Crippen LogP contribution in [0.25, 0.3) is 0 Å². The minimum Gasteiger partial charge on any atom is -0.503 e. The molecule has 5 rings (SSSR count). The molecule has 10 nitrogen and oxygen atoms in total. The average Bonchev–Trinajstić information content (AvgIpc) is 3.26. The van der Waals surface area contributed by atoms with Crippen LogP contribution in [0.5, 0.6) is 5.75 Å². The molecule has 13 heteroatoms. The van der Waals surface area contributed by atoms with Gasteiger partial charge in [-0.15, -0.1) is 0 Å². The van der Waals surface area contributed by atoms with Gasteiger partial charge in [-0.05, 0) is 25.2 Å². The first-order valence-corrected chi connectivity index (χ1v) is 13.3. The Morgan fingerprint density at radius 3 is 2.59 bits per heavy atom. The molecule has 0 radical (unpaired) electrons. The summed E-state index contributed by atoms with van der Waals surface area (Å²) in [6.07, 6.45) is 2.43. The minimum atomic E-state index is -1.21. The molecule has 4 heterocycles. The largest absolute Gasteiger partial charge is 0.503 e. The topological polar surface area (TPSA) is 122 Å². The quantitative estimate of drug-likeness (QED) is 0.574. The third-order valence-electron chi connectivity index (χ3n) is 7.73. The smallest absolute Gasteiger partial charge is 0.274 e. The van der Waals surface area contributed by atoms with E-state index in [-0.39, 0.29) is 30.1 Å². The molecule has 220 valence electrons. The van der Waals surface area contributed by atoms with E-state index in [1.165, 1.54) is 4.57 Å². The van der Waals surface area contributed by atoms with Crippen molar-refractivity contribution in [2.24, 2.45) is 10.6 Å². The summed E-state index contributed by atoms with van der Waals surface area (Å²) in [5, 5.41) is 17.3. The Labute approximate surface area is 233 Å². The highest BCUT2D eigenvalue weighted by Gasteiger charge is 2.55. The van der Waals surface area contributed by atoms with E-state index in [1.54, 1.807) is 4.90 Å². The van der Waals surface area contributed by atoms with Gasteiger partial charge in [0, 0.05) is 43.0 Å². The molecular formula is C28H31F3N4O6. The number of ether oxygens (including phenoxy) is 1. The molecule has 1 fully saturated rings. The predicted octanol–water partition coefficient (Wildman–Crippen LogP) is 3.62. The third-order valence-corrected chi connectivity index (χ3v) is 7.73. The molecule has 3 aliphatic rings. The lowest BCUT2D eigenvalue weighted by Gasteiger charge is -2.41. The molecule has 1 aromatic heterocycles. The fraction of sp³-hybridized carbons (Fsp3) is 0.500. The van der Waals surface area contributed by atoms with Gasteiger partial charge in [-0.1, -0.05) is 25.9 Å². The van der Waals surface area contributed by atoms with Gasteiger partial charge < -0.3 is 29.5 Å². The monoisotopic (exact) mass is 576 g/mol. The number of rotatable bonds is 4. The van der Waals surface area contributed by atoms with Crippen molar-refractivity contribution in [1.29, 1.82) is 0 Å². The molecule has 2 bridgehead atoms. The van der Waals surface area contributed by atoms with Crippen molar-refractivity contribution in [3.63, 3.8) is 0 Å². The fourth-order valence-electron chi connectivity index (χ4n) is 5.46. The number of halogens is 3. The van der Waals surface area contributed by atoms with Gasteiger partial charge in [0.2, 0.25) is 11.3 Å². The summed E-state index contributed by atoms with van der Waals surface area (Å²) in [6, 6.07) is 0.0397. The van der Waals surface area contributed by atoms with Crippen LogP contribution in [0, 0.1) is 22.9 Å². The van der Waals surface area contributed by atoms with Crippen molar-refractivity contribution in [3.8, 4) is 5.75 Å². The molecule has 1 spiro atoms. The van der Waals surface area contributed by atoms with E-state index >= 15 is 0 Å². The summed E-state index contributed by atoms with van der Waals surface area (Å²) >= 11 is 0. The van der Waals surface area contributed by atoms with Crippen LogP contribution in [0.2, 0.25) is 0 Å². The van der Waals surface area contributed by atoms with Crippen LogP contribution in [-0.4, -0.2) is 57.1 Å². The van der Waals surface area contributed by atoms with Gasteiger partial charge in [0.15, 0.2) is 17.0 Å². The van der Waals surface area contributed by atoms with Crippen molar-refractivity contribution in [1.82, 2.24) is 14.8 Å². The molecule has 2 aromatic rings. The number of nitrogens with zero attached hydrogens (tertiary/aromatic N) is 3. The number of amides is 2. The number of fused-ring (bicyclic) bond motifs is 5. The SMILES string of the molecule is C[C@H]1CC[C@]2(CC(OCC(C)(C)C)=NO2)[C@H]2CN1C(=O)c1c(O)c(=O)c(C(=O)NCc3c(F)cc(F)cc3F)cn12. The van der Waals surface area contributed by atoms with Gasteiger partial charge in [0.1, 0.15) is 23.0 Å². The van der Waals surface area contributed by atoms with Gasteiger partial charge in [-0.3, -0.25) is 14.4 Å². The van der Waals surface area contributed by atoms with Crippen molar-refractivity contribution in [2.75, 3.05) is 13.2 Å². The van der Waals surface area contributed by atoms with Crippen LogP contribution >= 0.6 is 0 Å². The van der Waals surface area contributed by atoms with Gasteiger partial charge >= 0.3 is 0 Å². The van der Waals surface area contributed by atoms with Crippen LogP contribution in [0.1, 0.15) is 79.4 Å². The van der Waals surface area contributed by atoms with Crippen molar-refractivity contribution in [2.45, 2.75) is 71.2 Å². The Morgan fingerprint density at radius 1 is 1.24 bits per heavy atom. The summed E-state index contributed by atoms with van der Waals surface area (Å²) < 4.78 is 48.7. The van der Waals surface area contributed by atoms with Gasteiger partial charge in [0.05, 0.1) is 19.1 Å². The number of nitrogens with one attached hydrogen (secondary N) is 1. The van der Waals surface area contributed by atoms with Crippen LogP contribution < -0.4 is 10.7 Å². The number of carbonyl (C=O) groups is 2. The summed E-state index contributed by atoms with van der Waals surface area (Å²) in [5.74, 6) is -5.72. The summed E-state index contributed by atoms with van der Waals surface area (Å²) in [6.45, 7) is 7.75. The van der Waals surface area contributed by atoms with E-state index in [1.807, 2.05) is 27.7 Å². The second kappa shape index (κ2) is 10.1. The lowest BCUT2D eigenvalue weighted by Crippen LogP contribution is -2.52. The first-order chi connectivity index (χ1) is 19.2. The highest BCUT2D eigenvalue weighted by Crippen LogP contribution is 2.46. The maximum Gasteiger partial charge on any atom is 0.274 e. The lowest BCUT2D eigenvalue weighted by molar-refractivity contribution is -0.0655. The number of hydrogen-bond donors (Lipinski definition) is 2. The molecular weight excluding hydrogens is 545 g/mol. The van der Waals surface area contributed by atoms with Crippen LogP contribution in [0.4, 0.5) is 13.2 Å². The zero-order valence-electron chi connectivity index (χ0n) is 23.1. The molecule has 1 saturated heterocycles. The average molecular weight is 577 g/mol. The molecule has 41 heavy (non-hydrogen) atoms. The molecule has 0 saturated carbocycles. The Kier molecular flexibility index (Phi) is 7.03. The van der Waals surface area contributed by atoms with Crippen LogP contribution in [-0.2, 0) is 16.1 Å². The number of benzene rings is 1. The van der Waals surface area contributed by atoms with E-state index in [0.29, 0.717) is 37.5 Å². The maximum absolute atomic E-state index is 14.1. The zero-order valence-corrected chi connectivity index (χ0v) is 23.1. The van der Waals surface area contributed by atoms with Gasteiger partial charge in [0.25, 0.3) is 11.8 Å². The van der Waals surface area contributed by atoms with Crippen LogP contribution in [0.3, 0.4) is 0 Å². The number of aromatic hydroxyl groups is 1. The molecule has 2 N–H and O–H groups in total. The van der Waals surface area contributed by atoms with E-state index in [0.717, 1.165) is 6.20 Å². The Balaban J connectivity index is 1.50. The highest BCUT2D eigenvalue weighted by molar-refractivity contribution is 5.99.